The minimum atomic E-state index is -3.51. The van der Waals surface area contributed by atoms with Gasteiger partial charge in [0.2, 0.25) is 16.0 Å². The summed E-state index contributed by atoms with van der Waals surface area (Å²) in [5.41, 5.74) is 0. The molecule has 1 N–H and O–H groups in total. The summed E-state index contributed by atoms with van der Waals surface area (Å²) >= 11 is 0. The monoisotopic (exact) mass is 315 g/mol. The molecule has 0 radical (unpaired) electrons. The van der Waals surface area contributed by atoms with Crippen molar-refractivity contribution in [1.29, 1.82) is 0 Å². The molecule has 0 atom stereocenters. The SMILES string of the molecule is CCCNc1ncc(S(=O)(=O)N(C)CCCN(C)C)cn1. The zero-order chi connectivity index (χ0) is 15.9. The van der Waals surface area contributed by atoms with Gasteiger partial charge in [-0.2, -0.15) is 0 Å². The van der Waals surface area contributed by atoms with Crippen LogP contribution in [0.3, 0.4) is 0 Å². The van der Waals surface area contributed by atoms with Gasteiger partial charge in [0.1, 0.15) is 4.90 Å². The number of nitrogens with zero attached hydrogens (tertiary/aromatic N) is 4. The summed E-state index contributed by atoms with van der Waals surface area (Å²) in [6.45, 7) is 4.11. The minimum absolute atomic E-state index is 0.122. The van der Waals surface area contributed by atoms with Crippen LogP contribution in [0.4, 0.5) is 5.95 Å². The maximum atomic E-state index is 12.3. The van der Waals surface area contributed by atoms with Gasteiger partial charge in [-0.25, -0.2) is 22.7 Å². The Morgan fingerprint density at radius 3 is 2.29 bits per heavy atom. The molecule has 0 bridgehead atoms. The van der Waals surface area contributed by atoms with Crippen molar-refractivity contribution in [3.63, 3.8) is 0 Å². The molecule has 0 saturated heterocycles. The van der Waals surface area contributed by atoms with Gasteiger partial charge in [-0.3, -0.25) is 0 Å². The first-order chi connectivity index (χ1) is 9.87. The second-order valence-electron chi connectivity index (χ2n) is 5.15. The van der Waals surface area contributed by atoms with Crippen LogP contribution in [0.5, 0.6) is 0 Å². The van der Waals surface area contributed by atoms with Crippen LogP contribution >= 0.6 is 0 Å². The Bertz CT molecular complexity index is 516. The van der Waals surface area contributed by atoms with Crippen molar-refractivity contribution in [3.8, 4) is 0 Å². The van der Waals surface area contributed by atoms with Crippen LogP contribution in [0.2, 0.25) is 0 Å². The summed E-state index contributed by atoms with van der Waals surface area (Å²) in [7, 11) is 1.99. The average molecular weight is 315 g/mol. The zero-order valence-electron chi connectivity index (χ0n) is 13.2. The minimum Gasteiger partial charge on any atom is -0.354 e. The quantitative estimate of drug-likeness (QED) is 0.728. The number of aromatic nitrogens is 2. The van der Waals surface area contributed by atoms with E-state index < -0.39 is 10.0 Å². The molecule has 0 fully saturated rings. The van der Waals surface area contributed by atoms with Crippen molar-refractivity contribution in [1.82, 2.24) is 19.2 Å². The molecule has 8 heteroatoms. The highest BCUT2D eigenvalue weighted by Crippen LogP contribution is 2.13. The molecule has 1 aromatic rings. The maximum absolute atomic E-state index is 12.3. The van der Waals surface area contributed by atoms with E-state index in [1.165, 1.54) is 16.7 Å². The van der Waals surface area contributed by atoms with E-state index in [2.05, 4.69) is 15.3 Å². The Balaban J connectivity index is 2.68. The van der Waals surface area contributed by atoms with Crippen molar-refractivity contribution in [2.75, 3.05) is 46.1 Å². The fraction of sp³-hybridized carbons (Fsp3) is 0.692. The van der Waals surface area contributed by atoms with Gasteiger partial charge in [0, 0.05) is 20.1 Å². The highest BCUT2D eigenvalue weighted by molar-refractivity contribution is 7.89. The molecule has 1 aromatic heterocycles. The van der Waals surface area contributed by atoms with Gasteiger partial charge in [-0.1, -0.05) is 6.92 Å². The Hall–Kier alpha value is -1.25. The molecule has 0 amide bonds. The van der Waals surface area contributed by atoms with Gasteiger partial charge in [0.25, 0.3) is 0 Å². The first-order valence-corrected chi connectivity index (χ1v) is 8.49. The highest BCUT2D eigenvalue weighted by Gasteiger charge is 2.21. The number of hydrogen-bond acceptors (Lipinski definition) is 6. The maximum Gasteiger partial charge on any atom is 0.245 e. The van der Waals surface area contributed by atoms with E-state index >= 15 is 0 Å². The number of anilines is 1. The predicted octanol–water partition coefficient (Wildman–Crippen LogP) is 0.871. The van der Waals surface area contributed by atoms with Gasteiger partial charge in [0.15, 0.2) is 0 Å². The summed E-state index contributed by atoms with van der Waals surface area (Å²) in [6.07, 6.45) is 4.43. The standard InChI is InChI=1S/C13H25N5O2S/c1-5-7-14-13-15-10-12(11-16-13)21(19,20)18(4)9-6-8-17(2)3/h10-11H,5-9H2,1-4H3,(H,14,15,16). The summed E-state index contributed by atoms with van der Waals surface area (Å²) in [5.74, 6) is 0.450. The predicted molar refractivity (Wildman–Crippen MR) is 83.8 cm³/mol. The highest BCUT2D eigenvalue weighted by atomic mass is 32.2. The topological polar surface area (TPSA) is 78.4 Å². The molecule has 0 unspecified atom stereocenters. The normalized spacial score (nSPS) is 12.1. The summed E-state index contributed by atoms with van der Waals surface area (Å²) in [4.78, 5) is 10.2. The number of hydrogen-bond donors (Lipinski definition) is 1. The number of nitrogens with one attached hydrogen (secondary N) is 1. The second-order valence-corrected chi connectivity index (χ2v) is 7.20. The zero-order valence-corrected chi connectivity index (χ0v) is 14.0. The molecule has 0 aliphatic carbocycles. The summed E-state index contributed by atoms with van der Waals surface area (Å²) in [6, 6.07) is 0. The van der Waals surface area contributed by atoms with E-state index in [-0.39, 0.29) is 4.90 Å². The van der Waals surface area contributed by atoms with Crippen molar-refractivity contribution >= 4 is 16.0 Å². The first-order valence-electron chi connectivity index (χ1n) is 7.05. The van der Waals surface area contributed by atoms with Gasteiger partial charge in [-0.15, -0.1) is 0 Å². The van der Waals surface area contributed by atoms with Crippen LogP contribution < -0.4 is 5.32 Å². The third kappa shape index (κ3) is 5.56. The fourth-order valence-corrected chi connectivity index (χ4v) is 2.79. The fourth-order valence-electron chi connectivity index (χ4n) is 1.69. The van der Waals surface area contributed by atoms with E-state index in [1.54, 1.807) is 7.05 Å². The van der Waals surface area contributed by atoms with Crippen molar-refractivity contribution in [3.05, 3.63) is 12.4 Å². The van der Waals surface area contributed by atoms with Crippen LogP contribution in [-0.4, -0.2) is 68.4 Å². The Morgan fingerprint density at radius 1 is 1.14 bits per heavy atom. The smallest absolute Gasteiger partial charge is 0.245 e. The van der Waals surface area contributed by atoms with Crippen LogP contribution in [0.25, 0.3) is 0 Å². The molecule has 0 spiro atoms. The van der Waals surface area contributed by atoms with Crippen LogP contribution in [0.1, 0.15) is 19.8 Å². The van der Waals surface area contributed by atoms with Gasteiger partial charge >= 0.3 is 0 Å². The molecule has 7 nitrogen and oxygen atoms in total. The first kappa shape index (κ1) is 17.8. The van der Waals surface area contributed by atoms with Crippen molar-refractivity contribution in [2.24, 2.45) is 0 Å². The van der Waals surface area contributed by atoms with Crippen LogP contribution in [0.15, 0.2) is 17.3 Å². The molecule has 0 aliphatic heterocycles. The lowest BCUT2D eigenvalue weighted by Gasteiger charge is -2.18. The van der Waals surface area contributed by atoms with E-state index in [4.69, 9.17) is 0 Å². The Morgan fingerprint density at radius 2 is 1.76 bits per heavy atom. The van der Waals surface area contributed by atoms with Gasteiger partial charge in [0.05, 0.1) is 12.4 Å². The van der Waals surface area contributed by atoms with Crippen molar-refractivity contribution < 1.29 is 8.42 Å². The molecular weight excluding hydrogens is 290 g/mol. The number of sulfonamides is 1. The Labute approximate surface area is 127 Å². The van der Waals surface area contributed by atoms with Gasteiger partial charge in [-0.05, 0) is 33.5 Å². The molecule has 120 valence electrons. The summed E-state index contributed by atoms with van der Waals surface area (Å²) in [5, 5.41) is 3.01. The molecule has 1 heterocycles. The van der Waals surface area contributed by atoms with E-state index in [9.17, 15) is 8.42 Å². The molecule has 1 rings (SSSR count). The van der Waals surface area contributed by atoms with Crippen molar-refractivity contribution in [2.45, 2.75) is 24.7 Å². The third-order valence-electron chi connectivity index (χ3n) is 2.95. The molecule has 21 heavy (non-hydrogen) atoms. The second kappa shape index (κ2) is 8.26. The van der Waals surface area contributed by atoms with Crippen LogP contribution in [0, 0.1) is 0 Å². The number of rotatable bonds is 9. The largest absolute Gasteiger partial charge is 0.354 e. The van der Waals surface area contributed by atoms with E-state index in [0.29, 0.717) is 12.5 Å². The molecule has 0 aliphatic rings. The van der Waals surface area contributed by atoms with Crippen LogP contribution in [-0.2, 0) is 10.0 Å². The lowest BCUT2D eigenvalue weighted by Crippen LogP contribution is -2.30. The Kier molecular flexibility index (Phi) is 7.00. The summed E-state index contributed by atoms with van der Waals surface area (Å²) < 4.78 is 26.0. The van der Waals surface area contributed by atoms with E-state index in [0.717, 1.165) is 25.9 Å². The molecular formula is C13H25N5O2S. The third-order valence-corrected chi connectivity index (χ3v) is 4.76. The molecule has 0 saturated carbocycles. The lowest BCUT2D eigenvalue weighted by atomic mass is 10.4. The lowest BCUT2D eigenvalue weighted by molar-refractivity contribution is 0.370. The van der Waals surface area contributed by atoms with E-state index in [1.807, 2.05) is 25.9 Å². The molecule has 0 aromatic carbocycles. The van der Waals surface area contributed by atoms with Gasteiger partial charge < -0.3 is 10.2 Å². The average Bonchev–Trinajstić information content (AvgIpc) is 2.45.